The van der Waals surface area contributed by atoms with Crippen LogP contribution in [0.2, 0.25) is 0 Å². The van der Waals surface area contributed by atoms with Gasteiger partial charge in [0.05, 0.1) is 30.6 Å². The highest BCUT2D eigenvalue weighted by molar-refractivity contribution is 8.17. The number of benzene rings is 1. The largest absolute Gasteiger partial charge is 0.480 e. The Morgan fingerprint density at radius 3 is 2.66 bits per heavy atom. The number of ether oxygens (including phenoxy) is 1. The average Bonchev–Trinajstić information content (AvgIpc) is 2.73. The Balaban J connectivity index is 1.93. The lowest BCUT2D eigenvalue weighted by molar-refractivity contribution is 0.102. The van der Waals surface area contributed by atoms with Gasteiger partial charge in [0.2, 0.25) is 5.88 Å². The van der Waals surface area contributed by atoms with Gasteiger partial charge >= 0.3 is 0 Å². The van der Waals surface area contributed by atoms with E-state index in [4.69, 9.17) is 10.5 Å². The maximum atomic E-state index is 14.9. The number of aromatic nitrogens is 2. The van der Waals surface area contributed by atoms with Gasteiger partial charge in [-0.25, -0.2) is 14.4 Å². The summed E-state index contributed by atoms with van der Waals surface area (Å²) in [5.74, 6) is -0.684. The number of carbonyl (C=O) groups excluding carboxylic acids is 1. The van der Waals surface area contributed by atoms with Gasteiger partial charge in [0.1, 0.15) is 11.5 Å². The van der Waals surface area contributed by atoms with E-state index in [1.165, 1.54) is 49.5 Å². The Hall–Kier alpha value is -2.98. The van der Waals surface area contributed by atoms with Gasteiger partial charge in [-0.1, -0.05) is 11.8 Å². The van der Waals surface area contributed by atoms with Crippen LogP contribution in [0, 0.1) is 5.82 Å². The molecule has 2 heterocycles. The molecule has 1 aliphatic heterocycles. The molecule has 1 aliphatic rings. The summed E-state index contributed by atoms with van der Waals surface area (Å²) in [5.41, 5.74) is 5.50. The number of rotatable bonds is 5. The van der Waals surface area contributed by atoms with Crippen LogP contribution in [0.15, 0.2) is 46.1 Å². The molecule has 0 fully saturated rings. The summed E-state index contributed by atoms with van der Waals surface area (Å²) in [6.07, 6.45) is 2.98. The van der Waals surface area contributed by atoms with Gasteiger partial charge < -0.3 is 20.9 Å². The number of halogens is 1. The van der Waals surface area contributed by atoms with Crippen molar-refractivity contribution in [1.29, 1.82) is 0 Å². The second-order valence-electron chi connectivity index (χ2n) is 8.20. The summed E-state index contributed by atoms with van der Waals surface area (Å²) < 4.78 is 19.8. The molecule has 0 saturated carbocycles. The number of aliphatic hydroxyl groups is 1. The Labute approximate surface area is 190 Å². The van der Waals surface area contributed by atoms with Crippen LogP contribution in [0.5, 0.6) is 5.88 Å². The fraction of sp³-hybridized carbons (Fsp3) is 0.364. The number of thioether (sulfide) groups is 1. The molecule has 170 valence electrons. The van der Waals surface area contributed by atoms with E-state index in [-0.39, 0.29) is 22.3 Å². The molecule has 2 aromatic rings. The molecule has 4 N–H and O–H groups in total. The fourth-order valence-electron chi connectivity index (χ4n) is 3.24. The van der Waals surface area contributed by atoms with Gasteiger partial charge in [-0.15, -0.1) is 0 Å². The number of anilines is 1. The number of carbonyl (C=O) groups is 1. The quantitative estimate of drug-likeness (QED) is 0.624. The van der Waals surface area contributed by atoms with Crippen molar-refractivity contribution in [1.82, 2.24) is 9.97 Å². The standard InChI is InChI=1S/C22H26FN5O3S/c1-12(21(2,3)30)17-9-22(4,28-20(24)32-17)14-8-13(6-7-15(14)23)27-19(29)16-10-26-18(31-5)11-25-16/h6-8,10-11,30H,9H2,1-5H3,(H2,24,28)(H,27,29)/b17-12-. The van der Waals surface area contributed by atoms with Crippen molar-refractivity contribution in [2.24, 2.45) is 10.7 Å². The summed E-state index contributed by atoms with van der Waals surface area (Å²) in [6.45, 7) is 6.97. The molecule has 0 aliphatic carbocycles. The van der Waals surface area contributed by atoms with E-state index in [0.717, 1.165) is 10.5 Å². The highest BCUT2D eigenvalue weighted by atomic mass is 32.2. The van der Waals surface area contributed by atoms with Crippen molar-refractivity contribution >= 4 is 28.5 Å². The summed E-state index contributed by atoms with van der Waals surface area (Å²) in [7, 11) is 1.45. The lowest BCUT2D eigenvalue weighted by Crippen LogP contribution is -2.31. The van der Waals surface area contributed by atoms with E-state index in [2.05, 4.69) is 20.3 Å². The minimum Gasteiger partial charge on any atom is -0.480 e. The molecule has 1 aromatic heterocycles. The first-order valence-corrected chi connectivity index (χ1v) is 10.7. The van der Waals surface area contributed by atoms with E-state index >= 15 is 0 Å². The summed E-state index contributed by atoms with van der Waals surface area (Å²) in [4.78, 5) is 25.8. The van der Waals surface area contributed by atoms with Crippen LogP contribution in [0.4, 0.5) is 10.1 Å². The van der Waals surface area contributed by atoms with Crippen molar-refractivity contribution in [3.63, 3.8) is 0 Å². The Bertz CT molecular complexity index is 1100. The molecule has 32 heavy (non-hydrogen) atoms. The molecule has 1 aromatic carbocycles. The van der Waals surface area contributed by atoms with E-state index in [1.54, 1.807) is 20.8 Å². The number of nitrogens with two attached hydrogens (primary N) is 1. The van der Waals surface area contributed by atoms with Crippen LogP contribution < -0.4 is 15.8 Å². The van der Waals surface area contributed by atoms with Crippen molar-refractivity contribution in [2.75, 3.05) is 12.4 Å². The number of nitrogens with zero attached hydrogens (tertiary/aromatic N) is 3. The second-order valence-corrected chi connectivity index (χ2v) is 9.32. The molecule has 0 spiro atoms. The molecule has 0 saturated heterocycles. The molecule has 8 nitrogen and oxygen atoms in total. The maximum Gasteiger partial charge on any atom is 0.275 e. The predicted molar refractivity (Wildman–Crippen MR) is 123 cm³/mol. The number of hydrogen-bond donors (Lipinski definition) is 3. The first kappa shape index (κ1) is 23.7. The third kappa shape index (κ3) is 5.08. The topological polar surface area (TPSA) is 123 Å². The third-order valence-corrected chi connectivity index (χ3v) is 6.30. The Morgan fingerprint density at radius 2 is 2.06 bits per heavy atom. The van der Waals surface area contributed by atoms with E-state index in [9.17, 15) is 14.3 Å². The van der Waals surface area contributed by atoms with Gasteiger partial charge in [-0.05, 0) is 56.4 Å². The molecule has 0 radical (unpaired) electrons. The van der Waals surface area contributed by atoms with Crippen molar-refractivity contribution in [3.8, 4) is 5.88 Å². The van der Waals surface area contributed by atoms with Crippen LogP contribution in [-0.4, -0.2) is 38.9 Å². The molecule has 3 rings (SSSR count). The van der Waals surface area contributed by atoms with E-state index in [1.807, 2.05) is 6.92 Å². The smallest absolute Gasteiger partial charge is 0.275 e. The molecule has 10 heteroatoms. The average molecular weight is 460 g/mol. The predicted octanol–water partition coefficient (Wildman–Crippen LogP) is 3.59. The minimum absolute atomic E-state index is 0.0882. The normalized spacial score (nSPS) is 20.4. The van der Waals surface area contributed by atoms with Crippen molar-refractivity contribution in [2.45, 2.75) is 45.3 Å². The number of amides is 1. The summed E-state index contributed by atoms with van der Waals surface area (Å²) in [5, 5.41) is 13.4. The SMILES string of the molecule is COc1cnc(C(=O)Nc2ccc(F)c(C3(C)C/C(=C(\C)C(C)(C)O)SC(N)=N3)c2)cn1. The Morgan fingerprint density at radius 1 is 1.34 bits per heavy atom. The zero-order chi connectivity index (χ0) is 23.7. The minimum atomic E-state index is -1.05. The third-order valence-electron chi connectivity index (χ3n) is 5.30. The number of hydrogen-bond acceptors (Lipinski definition) is 8. The van der Waals surface area contributed by atoms with Crippen molar-refractivity contribution < 1.29 is 19.0 Å². The molecule has 1 unspecified atom stereocenters. The maximum absolute atomic E-state index is 14.9. The summed E-state index contributed by atoms with van der Waals surface area (Å²) >= 11 is 1.27. The molecular weight excluding hydrogens is 433 g/mol. The number of aliphatic imine (C=N–C) groups is 1. The fourth-order valence-corrected chi connectivity index (χ4v) is 4.49. The highest BCUT2D eigenvalue weighted by Crippen LogP contribution is 2.45. The molecule has 1 atom stereocenters. The first-order chi connectivity index (χ1) is 14.9. The van der Waals surface area contributed by atoms with Crippen LogP contribution in [0.1, 0.15) is 50.2 Å². The lowest BCUT2D eigenvalue weighted by Gasteiger charge is -2.34. The first-order valence-electron chi connectivity index (χ1n) is 9.86. The monoisotopic (exact) mass is 459 g/mol. The van der Waals surface area contributed by atoms with Gasteiger partial charge in [0.15, 0.2) is 5.17 Å². The number of nitrogens with one attached hydrogen (secondary N) is 1. The second kappa shape index (κ2) is 8.87. The highest BCUT2D eigenvalue weighted by Gasteiger charge is 2.36. The van der Waals surface area contributed by atoms with Crippen LogP contribution in [-0.2, 0) is 5.54 Å². The van der Waals surface area contributed by atoms with E-state index < -0.39 is 22.9 Å². The van der Waals surface area contributed by atoms with E-state index in [0.29, 0.717) is 12.1 Å². The lowest BCUT2D eigenvalue weighted by atomic mass is 9.86. The van der Waals surface area contributed by atoms with Crippen molar-refractivity contribution in [3.05, 3.63) is 58.1 Å². The zero-order valence-corrected chi connectivity index (χ0v) is 19.4. The van der Waals surface area contributed by atoms with Gasteiger partial charge in [-0.2, -0.15) is 0 Å². The van der Waals surface area contributed by atoms with Gasteiger partial charge in [-0.3, -0.25) is 9.79 Å². The Kier molecular flexibility index (Phi) is 6.56. The van der Waals surface area contributed by atoms with Gasteiger partial charge in [0, 0.05) is 17.7 Å². The molecule has 0 bridgehead atoms. The molecule has 1 amide bonds. The van der Waals surface area contributed by atoms with Crippen LogP contribution >= 0.6 is 11.8 Å². The van der Waals surface area contributed by atoms with Crippen LogP contribution in [0.25, 0.3) is 0 Å². The zero-order valence-electron chi connectivity index (χ0n) is 18.6. The van der Waals surface area contributed by atoms with Gasteiger partial charge in [0.25, 0.3) is 5.91 Å². The number of amidine groups is 1. The number of methoxy groups -OCH3 is 1. The summed E-state index contributed by atoms with van der Waals surface area (Å²) in [6, 6.07) is 4.27. The van der Waals surface area contributed by atoms with Crippen LogP contribution in [0.3, 0.4) is 0 Å². The molecular formula is C22H26FN5O3S.